The van der Waals surface area contributed by atoms with Gasteiger partial charge in [-0.2, -0.15) is 11.8 Å². The van der Waals surface area contributed by atoms with Gasteiger partial charge in [-0.3, -0.25) is 9.59 Å². The van der Waals surface area contributed by atoms with Crippen molar-refractivity contribution in [1.29, 1.82) is 0 Å². The monoisotopic (exact) mass is 1080 g/mol. The van der Waals surface area contributed by atoms with Crippen LogP contribution in [0.3, 0.4) is 0 Å². The number of aliphatic hydroxyl groups is 7. The Balaban J connectivity index is 1.10. The van der Waals surface area contributed by atoms with E-state index in [2.05, 4.69) is 45.1 Å². The molecule has 0 spiro atoms. The van der Waals surface area contributed by atoms with Gasteiger partial charge in [0.2, 0.25) is 11.8 Å². The molecule has 23 heteroatoms. The molecule has 0 aromatic carbocycles. The number of rotatable bonds is 27. The average Bonchev–Trinajstić information content (AvgIpc) is 3.30. The smallest absolute Gasteiger partial charge is 0.230 e. The number of nitrogens with one attached hydrogen (secondary N) is 3. The summed E-state index contributed by atoms with van der Waals surface area (Å²) in [4.78, 5) is 24.3. The summed E-state index contributed by atoms with van der Waals surface area (Å²) in [6.07, 6.45) is -7.09. The molecular formula is C43H79IN6O15S. The lowest BCUT2D eigenvalue weighted by Crippen LogP contribution is -2.66. The summed E-state index contributed by atoms with van der Waals surface area (Å²) in [5.74, 6) is 1.56. The van der Waals surface area contributed by atoms with E-state index in [9.17, 15) is 45.3 Å². The van der Waals surface area contributed by atoms with Gasteiger partial charge in [-0.05, 0) is 57.6 Å². The van der Waals surface area contributed by atoms with Gasteiger partial charge >= 0.3 is 0 Å². The van der Waals surface area contributed by atoms with Crippen molar-refractivity contribution in [2.45, 2.75) is 179 Å². The van der Waals surface area contributed by atoms with Crippen LogP contribution in [0, 0.1) is 5.92 Å². The molecule has 3 aliphatic heterocycles. The van der Waals surface area contributed by atoms with Crippen LogP contribution in [0.5, 0.6) is 0 Å². The van der Waals surface area contributed by atoms with Gasteiger partial charge < -0.3 is 97.3 Å². The Hall–Kier alpha value is -1.08. The highest BCUT2D eigenvalue weighted by molar-refractivity contribution is 14.1. The van der Waals surface area contributed by atoms with Crippen LogP contribution >= 0.6 is 34.4 Å². The number of aliphatic hydroxyl groups excluding tert-OH is 7. The molecule has 2 amide bonds. The molecule has 4 fully saturated rings. The number of ether oxygens (including phenoxy) is 6. The van der Waals surface area contributed by atoms with Gasteiger partial charge in [0.05, 0.1) is 72.5 Å². The molecule has 0 aromatic rings. The standard InChI is InChI=1S/C43H79IN6O15S/c1-22(9-7-16-66-21-30(53)49-14-12-29(52)50-17-25-10-5-4-6-11-25)48-13-8-15-60-43-34(47)40(59)37(56)28(65-43)20-61-23(2)31(44)42-33(46)39(58)36(55)27(64-42)19-62-24(3)41-32(45)38(57)35(54)26(18-51)63-41/h23-28,31-43,48,51,54-59H,1,4-21,45-47H2,2-3H3,(H,49,53)(H,50,52). The zero-order valence-electron chi connectivity index (χ0n) is 38.3. The maximum atomic E-state index is 12.2. The third-order valence-electron chi connectivity index (χ3n) is 12.8. The van der Waals surface area contributed by atoms with E-state index in [1.54, 1.807) is 13.8 Å². The predicted molar refractivity (Wildman–Crippen MR) is 253 cm³/mol. The molecule has 384 valence electrons. The Kier molecular flexibility index (Phi) is 25.5. The van der Waals surface area contributed by atoms with Gasteiger partial charge in [0.1, 0.15) is 61.0 Å². The van der Waals surface area contributed by atoms with Crippen LogP contribution in [0.15, 0.2) is 12.3 Å². The van der Waals surface area contributed by atoms with E-state index in [-0.39, 0.29) is 38.1 Å². The van der Waals surface area contributed by atoms with Gasteiger partial charge in [0, 0.05) is 31.8 Å². The van der Waals surface area contributed by atoms with Crippen molar-refractivity contribution in [2.24, 2.45) is 23.1 Å². The largest absolute Gasteiger partial charge is 0.394 e. The first-order chi connectivity index (χ1) is 31.4. The van der Waals surface area contributed by atoms with Crippen molar-refractivity contribution < 1.29 is 73.8 Å². The third-order valence-corrected chi connectivity index (χ3v) is 15.6. The SMILES string of the molecule is C=C(CCCSCC(=O)NCCC(=O)NCC1CCCCC1)NCCCOC1OC(COC(C)C(I)C2OC(COC(C)C3OC(CO)C(O)C(O)C3N)C(O)C(O)C2N)C(O)C(O)C1N. The van der Waals surface area contributed by atoms with Crippen LogP contribution in [-0.4, -0.2) is 213 Å². The highest BCUT2D eigenvalue weighted by atomic mass is 127. The number of allylic oxidation sites excluding steroid dienone is 1. The van der Waals surface area contributed by atoms with Gasteiger partial charge in [-0.1, -0.05) is 48.4 Å². The van der Waals surface area contributed by atoms with E-state index in [1.165, 1.54) is 43.9 Å². The molecule has 1 saturated carbocycles. The van der Waals surface area contributed by atoms with Crippen molar-refractivity contribution >= 4 is 46.2 Å². The van der Waals surface area contributed by atoms with E-state index < -0.39 is 114 Å². The topological polar surface area (TPSA) is 345 Å². The van der Waals surface area contributed by atoms with Crippen LogP contribution in [0.2, 0.25) is 0 Å². The van der Waals surface area contributed by atoms with Gasteiger partial charge in [-0.25, -0.2) is 0 Å². The predicted octanol–water partition coefficient (Wildman–Crippen LogP) is -2.77. The summed E-state index contributed by atoms with van der Waals surface area (Å²) in [5, 5.41) is 82.5. The maximum absolute atomic E-state index is 12.2. The molecule has 16 N–H and O–H groups in total. The zero-order chi connectivity index (χ0) is 48.5. The number of carbonyl (C=O) groups is 2. The first-order valence-corrected chi connectivity index (χ1v) is 25.8. The summed E-state index contributed by atoms with van der Waals surface area (Å²) < 4.78 is 35.2. The molecule has 4 rings (SSSR count). The molecule has 4 aliphatic rings. The number of alkyl halides is 1. The van der Waals surface area contributed by atoms with Gasteiger partial charge in [-0.15, -0.1) is 0 Å². The Morgan fingerprint density at radius 3 is 2.03 bits per heavy atom. The van der Waals surface area contributed by atoms with E-state index >= 15 is 0 Å². The number of nitrogens with two attached hydrogens (primary N) is 3. The van der Waals surface area contributed by atoms with Crippen molar-refractivity contribution in [3.8, 4) is 0 Å². The average molecular weight is 1080 g/mol. The fourth-order valence-electron chi connectivity index (χ4n) is 8.50. The first-order valence-electron chi connectivity index (χ1n) is 23.4. The summed E-state index contributed by atoms with van der Waals surface area (Å²) in [5.41, 5.74) is 19.4. The number of carbonyl (C=O) groups excluding carboxylic acids is 2. The summed E-state index contributed by atoms with van der Waals surface area (Å²) in [6, 6.07) is -3.08. The van der Waals surface area contributed by atoms with E-state index in [0.29, 0.717) is 31.2 Å². The molecule has 18 atom stereocenters. The number of halogens is 1. The van der Waals surface area contributed by atoms with Crippen LogP contribution in [0.4, 0.5) is 0 Å². The minimum atomic E-state index is -1.42. The van der Waals surface area contributed by atoms with Crippen LogP contribution in [0.25, 0.3) is 0 Å². The normalized spacial score (nSPS) is 35.7. The molecule has 0 bridgehead atoms. The van der Waals surface area contributed by atoms with E-state index in [0.717, 1.165) is 30.8 Å². The molecule has 3 saturated heterocycles. The first kappa shape index (κ1) is 57.5. The Labute approximate surface area is 406 Å². The Morgan fingerprint density at radius 2 is 1.35 bits per heavy atom. The lowest BCUT2D eigenvalue weighted by molar-refractivity contribution is -0.270. The van der Waals surface area contributed by atoms with Crippen LogP contribution < -0.4 is 33.2 Å². The Bertz CT molecular complexity index is 1450. The minimum Gasteiger partial charge on any atom is -0.394 e. The zero-order valence-corrected chi connectivity index (χ0v) is 41.3. The third kappa shape index (κ3) is 17.3. The van der Waals surface area contributed by atoms with Crippen molar-refractivity contribution in [2.75, 3.05) is 57.6 Å². The molecule has 1 aliphatic carbocycles. The number of hydrogen-bond donors (Lipinski definition) is 13. The fraction of sp³-hybridized carbons (Fsp3) is 0.907. The lowest BCUT2D eigenvalue weighted by atomic mass is 9.89. The van der Waals surface area contributed by atoms with Crippen molar-refractivity contribution in [3.63, 3.8) is 0 Å². The van der Waals surface area contributed by atoms with Crippen molar-refractivity contribution in [3.05, 3.63) is 12.3 Å². The maximum Gasteiger partial charge on any atom is 0.230 e. The fourth-order valence-corrected chi connectivity index (χ4v) is 10.1. The quantitative estimate of drug-likeness (QED) is 0.0225. The molecule has 18 unspecified atom stereocenters. The van der Waals surface area contributed by atoms with Gasteiger partial charge in [0.15, 0.2) is 6.29 Å². The summed E-state index contributed by atoms with van der Waals surface area (Å²) >= 11 is 3.61. The second kappa shape index (κ2) is 29.3. The van der Waals surface area contributed by atoms with Crippen molar-refractivity contribution in [1.82, 2.24) is 16.0 Å². The highest BCUT2D eigenvalue weighted by Crippen LogP contribution is 2.31. The second-order valence-corrected chi connectivity index (χ2v) is 20.6. The van der Waals surface area contributed by atoms with E-state index in [4.69, 9.17) is 45.6 Å². The number of amides is 2. The molecule has 66 heavy (non-hydrogen) atoms. The minimum absolute atomic E-state index is 0.0248. The highest BCUT2D eigenvalue weighted by Gasteiger charge is 2.49. The summed E-state index contributed by atoms with van der Waals surface area (Å²) in [6.45, 7) is 8.35. The lowest BCUT2D eigenvalue weighted by Gasteiger charge is -2.45. The molecule has 21 nitrogen and oxygen atoms in total. The molecule has 0 radical (unpaired) electrons. The summed E-state index contributed by atoms with van der Waals surface area (Å²) in [7, 11) is 0. The molecule has 3 heterocycles. The molecule has 0 aromatic heterocycles. The number of hydrogen-bond acceptors (Lipinski definition) is 20. The molecular weight excluding hydrogens is 999 g/mol. The van der Waals surface area contributed by atoms with Gasteiger partial charge in [0.25, 0.3) is 0 Å². The van der Waals surface area contributed by atoms with Crippen LogP contribution in [0.1, 0.15) is 71.6 Å². The second-order valence-electron chi connectivity index (χ2n) is 18.0. The number of thioether (sulfide) groups is 1. The Morgan fingerprint density at radius 1 is 0.742 bits per heavy atom. The van der Waals surface area contributed by atoms with E-state index in [1.807, 2.05) is 0 Å². The van der Waals surface area contributed by atoms with Crippen LogP contribution in [-0.2, 0) is 38.0 Å².